The van der Waals surface area contributed by atoms with Crippen molar-refractivity contribution in [1.82, 2.24) is 5.32 Å². The van der Waals surface area contributed by atoms with Crippen molar-refractivity contribution in [1.29, 1.82) is 0 Å². The van der Waals surface area contributed by atoms with Crippen LogP contribution in [0, 0.1) is 5.92 Å². The molecule has 1 rings (SSSR count). The largest absolute Gasteiger partial charge is 0.486 e. The molecule has 2 amide bonds. The molecule has 0 saturated heterocycles. The third-order valence-electron chi connectivity index (χ3n) is 3.02. The molecule has 0 aliphatic carbocycles. The first-order chi connectivity index (χ1) is 10.6. The molecule has 6 heteroatoms. The average Bonchev–Trinajstić information content (AvgIpc) is 2.44. The molecule has 0 aliphatic rings. The van der Waals surface area contributed by atoms with E-state index in [0.717, 1.165) is 0 Å². The summed E-state index contributed by atoms with van der Waals surface area (Å²) < 4.78 is 5.81. The number of rotatable bonds is 6. The van der Waals surface area contributed by atoms with Crippen LogP contribution < -0.4 is 21.1 Å². The molecule has 6 nitrogen and oxygen atoms in total. The topological polar surface area (TPSA) is 93.5 Å². The van der Waals surface area contributed by atoms with Gasteiger partial charge in [-0.1, -0.05) is 26.0 Å². The highest BCUT2D eigenvalue weighted by Crippen LogP contribution is 2.27. The van der Waals surface area contributed by atoms with Gasteiger partial charge < -0.3 is 21.1 Å². The molecule has 1 aromatic rings. The zero-order chi connectivity index (χ0) is 17.6. The third kappa shape index (κ3) is 6.69. The van der Waals surface area contributed by atoms with Crippen LogP contribution >= 0.6 is 0 Å². The molecule has 0 spiro atoms. The van der Waals surface area contributed by atoms with Crippen LogP contribution in [0.4, 0.5) is 5.69 Å². The van der Waals surface area contributed by atoms with Gasteiger partial charge >= 0.3 is 0 Å². The predicted octanol–water partition coefficient (Wildman–Crippen LogP) is 1.90. The lowest BCUT2D eigenvalue weighted by Crippen LogP contribution is -2.46. The molecule has 0 unspecified atom stereocenters. The second-order valence-electron chi connectivity index (χ2n) is 6.75. The van der Waals surface area contributed by atoms with Gasteiger partial charge in [0.05, 0.1) is 18.3 Å². The van der Waals surface area contributed by atoms with E-state index in [2.05, 4.69) is 10.6 Å². The lowest BCUT2D eigenvalue weighted by Gasteiger charge is -2.23. The minimum atomic E-state index is -0.626. The van der Waals surface area contributed by atoms with Crippen LogP contribution in [0.5, 0.6) is 5.75 Å². The molecular formula is C17H27N3O3. The van der Waals surface area contributed by atoms with E-state index in [0.29, 0.717) is 11.4 Å². The van der Waals surface area contributed by atoms with Crippen molar-refractivity contribution in [2.45, 2.75) is 46.3 Å². The Hall–Kier alpha value is -2.08. The highest BCUT2D eigenvalue weighted by atomic mass is 16.5. The average molecular weight is 321 g/mol. The predicted molar refractivity (Wildman–Crippen MR) is 91.3 cm³/mol. The van der Waals surface area contributed by atoms with Crippen LogP contribution in [0.25, 0.3) is 0 Å². The van der Waals surface area contributed by atoms with Crippen LogP contribution in [-0.2, 0) is 9.59 Å². The van der Waals surface area contributed by atoms with E-state index in [1.165, 1.54) is 0 Å². The number of carbonyl (C=O) groups is 2. The lowest BCUT2D eigenvalue weighted by atomic mass is 10.1. The molecule has 0 aromatic heterocycles. The minimum absolute atomic E-state index is 0.0129. The standard InChI is InChI=1S/C17H27N3O3/c1-11(2)15(18)16(22)19-10-14(21)20-12-8-6-7-9-13(12)23-17(3,4)5/h6-9,11,15H,10,18H2,1-5H3,(H,19,22)(H,20,21)/t15-/m0/s1. The van der Waals surface area contributed by atoms with Gasteiger partial charge in [0.1, 0.15) is 11.4 Å². The van der Waals surface area contributed by atoms with Gasteiger partial charge in [-0.15, -0.1) is 0 Å². The van der Waals surface area contributed by atoms with Gasteiger partial charge in [0.25, 0.3) is 0 Å². The number of amides is 2. The summed E-state index contributed by atoms with van der Waals surface area (Å²) in [5.41, 5.74) is 5.92. The van der Waals surface area contributed by atoms with E-state index in [9.17, 15) is 9.59 Å². The van der Waals surface area contributed by atoms with Crippen LogP contribution in [0.15, 0.2) is 24.3 Å². The van der Waals surface area contributed by atoms with Gasteiger partial charge in [-0.2, -0.15) is 0 Å². The van der Waals surface area contributed by atoms with E-state index in [-0.39, 0.29) is 29.9 Å². The number of hydrogen-bond acceptors (Lipinski definition) is 4. The quantitative estimate of drug-likeness (QED) is 0.746. The Morgan fingerprint density at radius 1 is 1.22 bits per heavy atom. The first-order valence-electron chi connectivity index (χ1n) is 7.71. The minimum Gasteiger partial charge on any atom is -0.486 e. The molecule has 0 radical (unpaired) electrons. The third-order valence-corrected chi connectivity index (χ3v) is 3.02. The van der Waals surface area contributed by atoms with Crippen molar-refractivity contribution in [3.05, 3.63) is 24.3 Å². The molecule has 0 bridgehead atoms. The summed E-state index contributed by atoms with van der Waals surface area (Å²) in [5.74, 6) is -0.0776. The zero-order valence-electron chi connectivity index (χ0n) is 14.5. The zero-order valence-corrected chi connectivity index (χ0v) is 14.5. The summed E-state index contributed by atoms with van der Waals surface area (Å²) in [6.07, 6.45) is 0. The van der Waals surface area contributed by atoms with Crippen molar-refractivity contribution in [2.24, 2.45) is 11.7 Å². The summed E-state index contributed by atoms with van der Waals surface area (Å²) in [6.45, 7) is 9.36. The van der Waals surface area contributed by atoms with Gasteiger partial charge in [0.15, 0.2) is 0 Å². The molecular weight excluding hydrogens is 294 g/mol. The summed E-state index contributed by atoms with van der Waals surface area (Å²) in [6, 6.07) is 6.55. The Kier molecular flexibility index (Phi) is 6.57. The van der Waals surface area contributed by atoms with Gasteiger partial charge in [-0.25, -0.2) is 0 Å². The van der Waals surface area contributed by atoms with Crippen molar-refractivity contribution in [2.75, 3.05) is 11.9 Å². The maximum Gasteiger partial charge on any atom is 0.243 e. The van der Waals surface area contributed by atoms with Crippen LogP contribution in [0.3, 0.4) is 0 Å². The highest BCUT2D eigenvalue weighted by Gasteiger charge is 2.19. The SMILES string of the molecule is CC(C)[C@H](N)C(=O)NCC(=O)Nc1ccccc1OC(C)(C)C. The molecule has 1 atom stereocenters. The number of carbonyl (C=O) groups excluding carboxylic acids is 2. The Balaban J connectivity index is 2.63. The van der Waals surface area contributed by atoms with E-state index >= 15 is 0 Å². The van der Waals surface area contributed by atoms with Gasteiger partial charge in [-0.3, -0.25) is 9.59 Å². The second kappa shape index (κ2) is 7.97. The molecule has 4 N–H and O–H groups in total. The Bertz CT molecular complexity index is 550. The maximum absolute atomic E-state index is 12.0. The normalized spacial score (nSPS) is 12.7. The van der Waals surface area contributed by atoms with Crippen LogP contribution in [0.1, 0.15) is 34.6 Å². The number of hydrogen-bond donors (Lipinski definition) is 3. The van der Waals surface area contributed by atoms with Gasteiger partial charge in [0, 0.05) is 0 Å². The smallest absolute Gasteiger partial charge is 0.243 e. The molecule has 128 valence electrons. The molecule has 0 heterocycles. The van der Waals surface area contributed by atoms with Crippen LogP contribution in [-0.4, -0.2) is 30.0 Å². The van der Waals surface area contributed by atoms with Crippen molar-refractivity contribution in [3.63, 3.8) is 0 Å². The monoisotopic (exact) mass is 321 g/mol. The maximum atomic E-state index is 12.0. The Morgan fingerprint density at radius 2 is 1.83 bits per heavy atom. The van der Waals surface area contributed by atoms with E-state index < -0.39 is 6.04 Å². The van der Waals surface area contributed by atoms with Crippen molar-refractivity contribution < 1.29 is 14.3 Å². The number of anilines is 1. The number of nitrogens with one attached hydrogen (secondary N) is 2. The summed E-state index contributed by atoms with van der Waals surface area (Å²) in [7, 11) is 0. The summed E-state index contributed by atoms with van der Waals surface area (Å²) in [4.78, 5) is 23.8. The summed E-state index contributed by atoms with van der Waals surface area (Å²) >= 11 is 0. The van der Waals surface area contributed by atoms with E-state index in [1.54, 1.807) is 18.2 Å². The Morgan fingerprint density at radius 3 is 2.39 bits per heavy atom. The molecule has 0 fully saturated rings. The molecule has 0 aliphatic heterocycles. The summed E-state index contributed by atoms with van der Waals surface area (Å²) in [5, 5.41) is 5.27. The fourth-order valence-electron chi connectivity index (χ4n) is 1.77. The Labute approximate surface area is 137 Å². The first kappa shape index (κ1) is 19.0. The number of ether oxygens (including phenoxy) is 1. The fourth-order valence-corrected chi connectivity index (χ4v) is 1.77. The van der Waals surface area contributed by atoms with Crippen molar-refractivity contribution in [3.8, 4) is 5.75 Å². The second-order valence-corrected chi connectivity index (χ2v) is 6.75. The number of para-hydroxylation sites is 2. The molecule has 0 saturated carbocycles. The number of benzene rings is 1. The fraction of sp³-hybridized carbons (Fsp3) is 0.529. The van der Waals surface area contributed by atoms with Crippen LogP contribution in [0.2, 0.25) is 0 Å². The van der Waals surface area contributed by atoms with Crippen molar-refractivity contribution >= 4 is 17.5 Å². The highest BCUT2D eigenvalue weighted by molar-refractivity contribution is 5.96. The first-order valence-corrected chi connectivity index (χ1v) is 7.71. The van der Waals surface area contributed by atoms with E-state index in [4.69, 9.17) is 10.5 Å². The molecule has 1 aromatic carbocycles. The number of nitrogens with two attached hydrogens (primary N) is 1. The van der Waals surface area contributed by atoms with E-state index in [1.807, 2.05) is 40.7 Å². The van der Waals surface area contributed by atoms with Gasteiger partial charge in [0.2, 0.25) is 11.8 Å². The van der Waals surface area contributed by atoms with Gasteiger partial charge in [-0.05, 0) is 38.8 Å². The lowest BCUT2D eigenvalue weighted by molar-refractivity contribution is -0.125. The molecule has 23 heavy (non-hydrogen) atoms.